The van der Waals surface area contributed by atoms with Gasteiger partial charge in [0.25, 0.3) is 0 Å². The van der Waals surface area contributed by atoms with E-state index in [-0.39, 0.29) is 31.7 Å². The number of carbonyl (C=O) groups excluding carboxylic acids is 2. The van der Waals surface area contributed by atoms with Crippen molar-refractivity contribution in [1.29, 1.82) is 0 Å². The number of amides is 2. The fraction of sp³-hybridized carbons (Fsp3) is 0.560. The van der Waals surface area contributed by atoms with E-state index in [1.165, 1.54) is 0 Å². The predicted molar refractivity (Wildman–Crippen MR) is 136 cm³/mol. The van der Waals surface area contributed by atoms with Crippen LogP contribution >= 0.6 is 0 Å². The van der Waals surface area contributed by atoms with Crippen molar-refractivity contribution in [3.63, 3.8) is 0 Å². The van der Waals surface area contributed by atoms with Crippen molar-refractivity contribution in [2.24, 2.45) is 5.84 Å². The number of aliphatic carboxylic acids is 1. The Morgan fingerprint density at radius 2 is 1.83 bits per heavy atom. The zero-order chi connectivity index (χ0) is 26.3. The molecule has 0 bridgehead atoms. The molecule has 0 aliphatic heterocycles. The Morgan fingerprint density at radius 3 is 2.53 bits per heavy atom. The van der Waals surface area contributed by atoms with E-state index in [1.807, 2.05) is 41.8 Å². The van der Waals surface area contributed by atoms with Crippen LogP contribution in [0.5, 0.6) is 0 Å². The van der Waals surface area contributed by atoms with E-state index in [1.54, 1.807) is 12.1 Å². The number of hydrogen-bond donors (Lipinski definition) is 4. The Labute approximate surface area is 211 Å². The highest BCUT2D eigenvalue weighted by atomic mass is 16.5. The first kappa shape index (κ1) is 29.2. The highest BCUT2D eigenvalue weighted by Gasteiger charge is 2.22. The molecule has 0 radical (unpaired) electrons. The van der Waals surface area contributed by atoms with Crippen LogP contribution in [0.1, 0.15) is 38.3 Å². The molecule has 2 amide bonds. The van der Waals surface area contributed by atoms with Gasteiger partial charge in [-0.3, -0.25) is 20.2 Å². The number of carboxylic acid groups (broad SMARTS) is 1. The average Bonchev–Trinajstić information content (AvgIpc) is 3.17. The van der Waals surface area contributed by atoms with Crippen LogP contribution in [0.15, 0.2) is 30.3 Å². The molecule has 2 aromatic rings. The lowest BCUT2D eigenvalue weighted by molar-refractivity contribution is -0.138. The minimum atomic E-state index is -1.04. The van der Waals surface area contributed by atoms with E-state index >= 15 is 0 Å². The molecule has 5 N–H and O–H groups in total. The first-order valence-electron chi connectivity index (χ1n) is 12.3. The molecule has 0 saturated heterocycles. The molecule has 1 aromatic carbocycles. The number of carboxylic acids is 1. The van der Waals surface area contributed by atoms with Gasteiger partial charge in [-0.25, -0.2) is 5.01 Å². The van der Waals surface area contributed by atoms with Gasteiger partial charge in [0.2, 0.25) is 11.8 Å². The van der Waals surface area contributed by atoms with E-state index in [2.05, 4.69) is 10.6 Å². The number of nitrogens with zero attached hydrogens (tertiary/aromatic N) is 2. The Morgan fingerprint density at radius 1 is 1.11 bits per heavy atom. The van der Waals surface area contributed by atoms with E-state index in [9.17, 15) is 14.4 Å². The molecule has 2 rings (SSSR count). The quantitative estimate of drug-likeness (QED) is 0.134. The second-order valence-corrected chi connectivity index (χ2v) is 8.58. The lowest BCUT2D eigenvalue weighted by atomic mass is 10.1. The summed E-state index contributed by atoms with van der Waals surface area (Å²) in [6.45, 7) is 5.05. The number of rotatable bonds is 18. The van der Waals surface area contributed by atoms with Gasteiger partial charge < -0.3 is 29.8 Å². The number of benzene rings is 1. The smallest absolute Gasteiger partial charge is 0.303 e. The zero-order valence-corrected chi connectivity index (χ0v) is 21.2. The van der Waals surface area contributed by atoms with Gasteiger partial charge in [0.05, 0.1) is 26.4 Å². The standard InChI is InChI=1S/C25H39N5O6/c1-3-13-35-15-16-36-14-11-27-25(34)21(8-9-24(32)33)28-23(31)10-12-30-20(18-29(2)26)17-19-6-4-5-7-22(19)30/h4-7,17,21H,3,8-16,18,26H2,1-2H3,(H,27,34)(H,28,31)(H,32,33)/t21-/m0/s1. The molecule has 1 heterocycles. The van der Waals surface area contributed by atoms with Crippen molar-refractivity contribution in [3.05, 3.63) is 36.0 Å². The van der Waals surface area contributed by atoms with Crippen LogP contribution < -0.4 is 16.5 Å². The minimum absolute atomic E-state index is 0.00566. The molecule has 200 valence electrons. The average molecular weight is 506 g/mol. The van der Waals surface area contributed by atoms with Crippen LogP contribution in [-0.4, -0.2) is 78.5 Å². The third-order valence-electron chi connectivity index (χ3n) is 5.43. The van der Waals surface area contributed by atoms with E-state index in [4.69, 9.17) is 20.4 Å². The molecular weight excluding hydrogens is 466 g/mol. The van der Waals surface area contributed by atoms with Crippen LogP contribution in [0.25, 0.3) is 10.9 Å². The lowest BCUT2D eigenvalue weighted by Gasteiger charge is -2.19. The largest absolute Gasteiger partial charge is 0.481 e. The molecular formula is C25H39N5O6. The predicted octanol–water partition coefficient (Wildman–Crippen LogP) is 1.25. The van der Waals surface area contributed by atoms with Crippen molar-refractivity contribution in [2.45, 2.75) is 51.7 Å². The van der Waals surface area contributed by atoms with Gasteiger partial charge in [0.1, 0.15) is 6.04 Å². The van der Waals surface area contributed by atoms with Crippen LogP contribution in [-0.2, 0) is 36.9 Å². The van der Waals surface area contributed by atoms with Gasteiger partial charge in [0, 0.05) is 50.8 Å². The summed E-state index contributed by atoms with van der Waals surface area (Å²) in [5, 5.41) is 17.1. The number of para-hydroxylation sites is 1. The number of nitrogens with one attached hydrogen (secondary N) is 2. The SMILES string of the molecule is CCCOCCOCCNC(=O)[C@H](CCC(=O)O)NC(=O)CCn1c(CN(C)N)cc2ccccc21. The summed E-state index contributed by atoms with van der Waals surface area (Å²) in [4.78, 5) is 36.4. The monoisotopic (exact) mass is 505 g/mol. The van der Waals surface area contributed by atoms with Crippen LogP contribution in [0.3, 0.4) is 0 Å². The number of nitrogens with two attached hydrogens (primary N) is 1. The Hall–Kier alpha value is -2.99. The van der Waals surface area contributed by atoms with E-state index in [0.717, 1.165) is 23.0 Å². The minimum Gasteiger partial charge on any atom is -0.481 e. The second kappa shape index (κ2) is 15.9. The van der Waals surface area contributed by atoms with Gasteiger partial charge >= 0.3 is 5.97 Å². The maximum absolute atomic E-state index is 12.7. The fourth-order valence-corrected chi connectivity index (χ4v) is 3.77. The Bertz CT molecular complexity index is 977. The van der Waals surface area contributed by atoms with Crippen molar-refractivity contribution < 1.29 is 29.0 Å². The number of hydrogen-bond acceptors (Lipinski definition) is 7. The summed E-state index contributed by atoms with van der Waals surface area (Å²) in [6, 6.07) is 8.96. The second-order valence-electron chi connectivity index (χ2n) is 8.58. The number of ether oxygens (including phenoxy) is 2. The highest BCUT2D eigenvalue weighted by Crippen LogP contribution is 2.21. The summed E-state index contributed by atoms with van der Waals surface area (Å²) >= 11 is 0. The Kier molecular flexibility index (Phi) is 12.9. The number of hydrazine groups is 1. The molecule has 1 aromatic heterocycles. The first-order chi connectivity index (χ1) is 17.3. The first-order valence-corrected chi connectivity index (χ1v) is 12.3. The number of fused-ring (bicyclic) bond motifs is 1. The number of aromatic nitrogens is 1. The topological polar surface area (TPSA) is 148 Å². The van der Waals surface area contributed by atoms with Gasteiger partial charge in [-0.15, -0.1) is 0 Å². The molecule has 36 heavy (non-hydrogen) atoms. The van der Waals surface area contributed by atoms with Gasteiger partial charge in [-0.05, 0) is 30.4 Å². The summed E-state index contributed by atoms with van der Waals surface area (Å²) in [6.07, 6.45) is 0.818. The maximum atomic E-state index is 12.7. The molecule has 0 unspecified atom stereocenters. The summed E-state index contributed by atoms with van der Waals surface area (Å²) in [7, 11) is 1.77. The normalized spacial score (nSPS) is 12.1. The third-order valence-corrected chi connectivity index (χ3v) is 5.43. The highest BCUT2D eigenvalue weighted by molar-refractivity contribution is 5.88. The number of aryl methyl sites for hydroxylation is 1. The molecule has 0 saturated carbocycles. The van der Waals surface area contributed by atoms with E-state index < -0.39 is 17.9 Å². The van der Waals surface area contributed by atoms with Crippen LogP contribution in [0.2, 0.25) is 0 Å². The summed E-state index contributed by atoms with van der Waals surface area (Å²) < 4.78 is 12.8. The van der Waals surface area contributed by atoms with Gasteiger partial charge in [-0.2, -0.15) is 0 Å². The van der Waals surface area contributed by atoms with Crippen molar-refractivity contribution in [1.82, 2.24) is 20.2 Å². The number of carbonyl (C=O) groups is 3. The van der Waals surface area contributed by atoms with Gasteiger partial charge in [-0.1, -0.05) is 25.1 Å². The van der Waals surface area contributed by atoms with Crippen molar-refractivity contribution in [3.8, 4) is 0 Å². The van der Waals surface area contributed by atoms with Crippen molar-refractivity contribution >= 4 is 28.7 Å². The van der Waals surface area contributed by atoms with E-state index in [0.29, 0.717) is 39.5 Å². The Balaban J connectivity index is 1.90. The molecule has 0 spiro atoms. The maximum Gasteiger partial charge on any atom is 0.303 e. The lowest BCUT2D eigenvalue weighted by Crippen LogP contribution is -2.47. The molecule has 11 nitrogen and oxygen atoms in total. The molecule has 11 heteroatoms. The molecule has 0 aliphatic rings. The summed E-state index contributed by atoms with van der Waals surface area (Å²) in [5.41, 5.74) is 1.96. The van der Waals surface area contributed by atoms with Gasteiger partial charge in [0.15, 0.2) is 0 Å². The zero-order valence-electron chi connectivity index (χ0n) is 21.2. The summed E-state index contributed by atoms with van der Waals surface area (Å²) in [5.74, 6) is 4.04. The molecule has 0 fully saturated rings. The van der Waals surface area contributed by atoms with Crippen LogP contribution in [0.4, 0.5) is 0 Å². The molecule has 1 atom stereocenters. The third kappa shape index (κ3) is 10.3. The van der Waals surface area contributed by atoms with Crippen molar-refractivity contribution in [2.75, 3.05) is 40.0 Å². The van der Waals surface area contributed by atoms with Crippen LogP contribution in [0, 0.1) is 0 Å². The fourth-order valence-electron chi connectivity index (χ4n) is 3.77. The molecule has 0 aliphatic carbocycles.